The highest BCUT2D eigenvalue weighted by molar-refractivity contribution is 5.78. The van der Waals surface area contributed by atoms with Crippen LogP contribution in [0.15, 0.2) is 18.2 Å². The fourth-order valence-corrected chi connectivity index (χ4v) is 2.23. The van der Waals surface area contributed by atoms with Crippen LogP contribution in [0.5, 0.6) is 0 Å². The number of halogens is 2. The molecule has 1 rings (SSSR count). The molecule has 0 aliphatic rings. The lowest BCUT2D eigenvalue weighted by molar-refractivity contribution is -0.134. The summed E-state index contributed by atoms with van der Waals surface area (Å²) in [6, 6.07) is 3.54. The van der Waals surface area contributed by atoms with Gasteiger partial charge in [0, 0.05) is 37.2 Å². The molecule has 0 heterocycles. The molecule has 21 heavy (non-hydrogen) atoms. The second kappa shape index (κ2) is 8.08. The molecule has 118 valence electrons. The van der Waals surface area contributed by atoms with Gasteiger partial charge in [-0.25, -0.2) is 8.78 Å². The van der Waals surface area contributed by atoms with E-state index in [1.54, 1.807) is 7.05 Å². The van der Waals surface area contributed by atoms with Crippen LogP contribution in [0.2, 0.25) is 0 Å². The zero-order valence-electron chi connectivity index (χ0n) is 12.9. The van der Waals surface area contributed by atoms with Crippen molar-refractivity contribution in [3.05, 3.63) is 35.4 Å². The molecule has 0 aliphatic carbocycles. The molecule has 0 aliphatic heterocycles. The lowest BCUT2D eigenvalue weighted by atomic mass is 10.0. The molecular formula is C16H24F2N2O. The molecule has 0 aromatic heterocycles. The van der Waals surface area contributed by atoms with E-state index < -0.39 is 11.6 Å². The molecule has 3 nitrogen and oxygen atoms in total. The maximum Gasteiger partial charge on any atom is 0.225 e. The number of carbonyl (C=O) groups excluding carboxylic acids is 1. The molecule has 1 aromatic carbocycles. The van der Waals surface area contributed by atoms with E-state index in [0.717, 1.165) is 25.3 Å². The van der Waals surface area contributed by atoms with Gasteiger partial charge in [-0.2, -0.15) is 0 Å². The maximum absolute atomic E-state index is 13.6. The van der Waals surface area contributed by atoms with E-state index in [0.29, 0.717) is 5.56 Å². The molecule has 2 atom stereocenters. The lowest BCUT2D eigenvalue weighted by Crippen LogP contribution is -2.31. The summed E-state index contributed by atoms with van der Waals surface area (Å²) in [7, 11) is 1.63. The highest BCUT2D eigenvalue weighted by atomic mass is 19.1. The van der Waals surface area contributed by atoms with Gasteiger partial charge in [0.15, 0.2) is 0 Å². The van der Waals surface area contributed by atoms with Crippen molar-refractivity contribution in [2.24, 2.45) is 11.7 Å². The van der Waals surface area contributed by atoms with Gasteiger partial charge in [-0.15, -0.1) is 0 Å². The molecule has 5 heteroatoms. The molecule has 0 spiro atoms. The molecule has 2 unspecified atom stereocenters. The number of nitrogens with zero attached hydrogens (tertiary/aromatic N) is 1. The van der Waals surface area contributed by atoms with E-state index in [9.17, 15) is 13.6 Å². The number of hydrogen-bond donors (Lipinski definition) is 1. The summed E-state index contributed by atoms with van der Waals surface area (Å²) in [5, 5.41) is 0. The molecule has 1 amide bonds. The SMILES string of the molecule is CC(N)CCCC(C)C(=O)N(C)Cc1ccc(F)cc1F. The number of hydrogen-bond acceptors (Lipinski definition) is 2. The molecule has 0 saturated carbocycles. The standard InChI is InChI=1S/C16H24F2N2O/c1-11(5-4-6-12(2)19)16(21)20(3)10-13-7-8-14(17)9-15(13)18/h7-9,11-12H,4-6,10,19H2,1-3H3. The van der Waals surface area contributed by atoms with Crippen molar-refractivity contribution in [2.75, 3.05) is 7.05 Å². The predicted octanol–water partition coefficient (Wildman–Crippen LogP) is 3.08. The van der Waals surface area contributed by atoms with Crippen LogP contribution < -0.4 is 5.73 Å². The first-order valence-electron chi connectivity index (χ1n) is 7.25. The summed E-state index contributed by atoms with van der Waals surface area (Å²) >= 11 is 0. The zero-order valence-corrected chi connectivity index (χ0v) is 12.9. The van der Waals surface area contributed by atoms with E-state index in [4.69, 9.17) is 5.73 Å². The van der Waals surface area contributed by atoms with E-state index in [2.05, 4.69) is 0 Å². The third-order valence-corrected chi connectivity index (χ3v) is 3.52. The minimum atomic E-state index is -0.626. The third kappa shape index (κ3) is 5.79. The Morgan fingerprint density at radius 2 is 1.95 bits per heavy atom. The van der Waals surface area contributed by atoms with Gasteiger partial charge in [-0.05, 0) is 25.8 Å². The van der Waals surface area contributed by atoms with Gasteiger partial charge < -0.3 is 10.6 Å². The van der Waals surface area contributed by atoms with Gasteiger partial charge in [-0.1, -0.05) is 19.4 Å². The topological polar surface area (TPSA) is 46.3 Å². The number of rotatable bonds is 7. The summed E-state index contributed by atoms with van der Waals surface area (Å²) in [5.74, 6) is -1.41. The fourth-order valence-electron chi connectivity index (χ4n) is 2.23. The van der Waals surface area contributed by atoms with Crippen molar-refractivity contribution in [3.63, 3.8) is 0 Å². The van der Waals surface area contributed by atoms with Crippen molar-refractivity contribution in [1.82, 2.24) is 4.90 Å². The molecular weight excluding hydrogens is 274 g/mol. The average Bonchev–Trinajstić information content (AvgIpc) is 2.40. The van der Waals surface area contributed by atoms with Gasteiger partial charge >= 0.3 is 0 Å². The Kier molecular flexibility index (Phi) is 6.75. The van der Waals surface area contributed by atoms with Crippen LogP contribution in [0, 0.1) is 17.6 Å². The Morgan fingerprint density at radius 3 is 2.52 bits per heavy atom. The maximum atomic E-state index is 13.6. The van der Waals surface area contributed by atoms with Crippen molar-refractivity contribution in [3.8, 4) is 0 Å². The molecule has 2 N–H and O–H groups in total. The summed E-state index contributed by atoms with van der Waals surface area (Å²) in [4.78, 5) is 13.7. The second-order valence-electron chi connectivity index (χ2n) is 5.74. The Balaban J connectivity index is 2.53. The van der Waals surface area contributed by atoms with E-state index in [1.807, 2.05) is 13.8 Å². The van der Waals surface area contributed by atoms with Crippen LogP contribution in [-0.4, -0.2) is 23.9 Å². The van der Waals surface area contributed by atoms with Crippen LogP contribution in [0.1, 0.15) is 38.7 Å². The molecule has 0 radical (unpaired) electrons. The normalized spacial score (nSPS) is 13.8. The molecule has 0 bridgehead atoms. The molecule has 0 fully saturated rings. The molecule has 0 saturated heterocycles. The van der Waals surface area contributed by atoms with Crippen LogP contribution in [0.25, 0.3) is 0 Å². The van der Waals surface area contributed by atoms with Gasteiger partial charge in [0.2, 0.25) is 5.91 Å². The van der Waals surface area contributed by atoms with Crippen molar-refractivity contribution in [2.45, 2.75) is 45.7 Å². The van der Waals surface area contributed by atoms with Crippen LogP contribution in [0.3, 0.4) is 0 Å². The highest BCUT2D eigenvalue weighted by Crippen LogP contribution is 2.16. The van der Waals surface area contributed by atoms with Crippen LogP contribution >= 0.6 is 0 Å². The van der Waals surface area contributed by atoms with Crippen molar-refractivity contribution >= 4 is 5.91 Å². The third-order valence-electron chi connectivity index (χ3n) is 3.52. The fraction of sp³-hybridized carbons (Fsp3) is 0.562. The summed E-state index contributed by atoms with van der Waals surface area (Å²) in [6.45, 7) is 3.94. The van der Waals surface area contributed by atoms with E-state index >= 15 is 0 Å². The number of nitrogens with two attached hydrogens (primary N) is 1. The predicted molar refractivity (Wildman–Crippen MR) is 79.5 cm³/mol. The minimum Gasteiger partial charge on any atom is -0.341 e. The van der Waals surface area contributed by atoms with Crippen molar-refractivity contribution in [1.29, 1.82) is 0 Å². The summed E-state index contributed by atoms with van der Waals surface area (Å²) in [5.41, 5.74) is 5.99. The smallest absolute Gasteiger partial charge is 0.225 e. The van der Waals surface area contributed by atoms with E-state index in [-0.39, 0.29) is 24.4 Å². The second-order valence-corrected chi connectivity index (χ2v) is 5.74. The quantitative estimate of drug-likeness (QED) is 0.841. The zero-order chi connectivity index (χ0) is 16.0. The lowest BCUT2D eigenvalue weighted by Gasteiger charge is -2.22. The van der Waals surface area contributed by atoms with Gasteiger partial charge in [0.1, 0.15) is 11.6 Å². The van der Waals surface area contributed by atoms with Gasteiger partial charge in [0.05, 0.1) is 0 Å². The molecule has 1 aromatic rings. The Hall–Kier alpha value is -1.49. The number of carbonyl (C=O) groups is 1. The largest absolute Gasteiger partial charge is 0.341 e. The number of amides is 1. The van der Waals surface area contributed by atoms with Gasteiger partial charge in [-0.3, -0.25) is 4.79 Å². The first kappa shape index (κ1) is 17.6. The average molecular weight is 298 g/mol. The Bertz CT molecular complexity index is 477. The monoisotopic (exact) mass is 298 g/mol. The van der Waals surface area contributed by atoms with Gasteiger partial charge in [0.25, 0.3) is 0 Å². The van der Waals surface area contributed by atoms with Crippen LogP contribution in [0.4, 0.5) is 8.78 Å². The summed E-state index contributed by atoms with van der Waals surface area (Å²) in [6.07, 6.45) is 2.54. The van der Waals surface area contributed by atoms with E-state index in [1.165, 1.54) is 17.0 Å². The van der Waals surface area contributed by atoms with Crippen LogP contribution in [-0.2, 0) is 11.3 Å². The Morgan fingerprint density at radius 1 is 1.29 bits per heavy atom. The minimum absolute atomic E-state index is 0.0385. The van der Waals surface area contributed by atoms with Crippen molar-refractivity contribution < 1.29 is 13.6 Å². The summed E-state index contributed by atoms with van der Waals surface area (Å²) < 4.78 is 26.4. The first-order chi connectivity index (χ1) is 9.81. The highest BCUT2D eigenvalue weighted by Gasteiger charge is 2.18. The Labute approximate surface area is 125 Å². The first-order valence-corrected chi connectivity index (χ1v) is 7.25. The number of benzene rings is 1.